The van der Waals surface area contributed by atoms with Crippen LogP contribution < -0.4 is 5.73 Å². The van der Waals surface area contributed by atoms with Crippen LogP contribution in [0.25, 0.3) is 0 Å². The van der Waals surface area contributed by atoms with Gasteiger partial charge in [-0.05, 0) is 71.9 Å². The Bertz CT molecular complexity index is 230. The van der Waals surface area contributed by atoms with E-state index in [4.69, 9.17) is 5.73 Å². The maximum atomic E-state index is 5.99. The van der Waals surface area contributed by atoms with Gasteiger partial charge in [-0.3, -0.25) is 0 Å². The van der Waals surface area contributed by atoms with Gasteiger partial charge in [-0.2, -0.15) is 0 Å². The van der Waals surface area contributed by atoms with E-state index < -0.39 is 0 Å². The van der Waals surface area contributed by atoms with Crippen LogP contribution in [0, 0.1) is 11.8 Å². The first-order valence-corrected chi connectivity index (χ1v) is 8.13. The van der Waals surface area contributed by atoms with Crippen LogP contribution in [-0.2, 0) is 0 Å². The van der Waals surface area contributed by atoms with Gasteiger partial charge in [-0.25, -0.2) is 0 Å². The number of nitrogens with two attached hydrogens (primary N) is 1. The van der Waals surface area contributed by atoms with Crippen LogP contribution in [0.3, 0.4) is 0 Å². The van der Waals surface area contributed by atoms with E-state index in [2.05, 4.69) is 37.9 Å². The zero-order valence-electron chi connectivity index (χ0n) is 13.6. The standard InChI is InChI=1S/C16H35N3/c1-5-7-14-8-9-15(13-17)16(12-14)19(4)11-6-10-18(2)3/h14-16H,5-13,17H2,1-4H3. The van der Waals surface area contributed by atoms with Crippen LogP contribution in [0.15, 0.2) is 0 Å². The SMILES string of the molecule is CCCC1CCC(CN)C(N(C)CCCN(C)C)C1. The number of hydrogen-bond acceptors (Lipinski definition) is 3. The molecule has 0 aromatic carbocycles. The maximum Gasteiger partial charge on any atom is 0.0135 e. The zero-order valence-corrected chi connectivity index (χ0v) is 13.6. The fourth-order valence-corrected chi connectivity index (χ4v) is 3.58. The third kappa shape index (κ3) is 5.80. The highest BCUT2D eigenvalue weighted by molar-refractivity contribution is 4.86. The van der Waals surface area contributed by atoms with Gasteiger partial charge in [0.05, 0.1) is 0 Å². The average Bonchev–Trinajstić information content (AvgIpc) is 2.38. The Morgan fingerprint density at radius 2 is 1.84 bits per heavy atom. The first kappa shape index (κ1) is 16.9. The summed E-state index contributed by atoms with van der Waals surface area (Å²) in [7, 11) is 6.61. The van der Waals surface area contributed by atoms with Crippen molar-refractivity contribution in [1.29, 1.82) is 0 Å². The van der Waals surface area contributed by atoms with Crippen LogP contribution in [0.1, 0.15) is 45.4 Å². The van der Waals surface area contributed by atoms with Gasteiger partial charge in [0, 0.05) is 6.04 Å². The molecule has 1 saturated carbocycles. The molecule has 0 aliphatic heterocycles. The average molecular weight is 269 g/mol. The zero-order chi connectivity index (χ0) is 14.3. The Balaban J connectivity index is 2.44. The number of hydrogen-bond donors (Lipinski definition) is 1. The Hall–Kier alpha value is -0.120. The summed E-state index contributed by atoms with van der Waals surface area (Å²) in [5, 5.41) is 0. The number of rotatable bonds is 8. The van der Waals surface area contributed by atoms with Gasteiger partial charge >= 0.3 is 0 Å². The predicted molar refractivity (Wildman–Crippen MR) is 84.4 cm³/mol. The van der Waals surface area contributed by atoms with Crippen molar-refractivity contribution >= 4 is 0 Å². The molecule has 114 valence electrons. The van der Waals surface area contributed by atoms with E-state index in [0.717, 1.165) is 24.4 Å². The Morgan fingerprint density at radius 3 is 2.42 bits per heavy atom. The van der Waals surface area contributed by atoms with Gasteiger partial charge in [-0.1, -0.05) is 26.2 Å². The first-order valence-electron chi connectivity index (χ1n) is 8.13. The summed E-state index contributed by atoms with van der Waals surface area (Å²) in [4.78, 5) is 4.86. The summed E-state index contributed by atoms with van der Waals surface area (Å²) in [6.07, 6.45) is 8.10. The highest BCUT2D eigenvalue weighted by Crippen LogP contribution is 2.33. The van der Waals surface area contributed by atoms with E-state index in [0.29, 0.717) is 0 Å². The first-order chi connectivity index (χ1) is 9.08. The molecule has 1 aliphatic carbocycles. The summed E-state index contributed by atoms with van der Waals surface area (Å²) in [6, 6.07) is 0.720. The largest absolute Gasteiger partial charge is 0.330 e. The lowest BCUT2D eigenvalue weighted by atomic mass is 9.76. The van der Waals surface area contributed by atoms with Crippen molar-refractivity contribution < 1.29 is 0 Å². The Labute approximate surface area is 120 Å². The minimum absolute atomic E-state index is 0.720. The lowest BCUT2D eigenvalue weighted by Gasteiger charge is -2.41. The molecule has 0 heterocycles. The third-order valence-electron chi connectivity index (χ3n) is 4.75. The Kier molecular flexibility index (Phi) is 7.96. The lowest BCUT2D eigenvalue weighted by Crippen LogP contribution is -2.45. The molecular formula is C16H35N3. The molecule has 1 fully saturated rings. The summed E-state index contributed by atoms with van der Waals surface area (Å²) < 4.78 is 0. The summed E-state index contributed by atoms with van der Waals surface area (Å²) in [5.74, 6) is 1.66. The lowest BCUT2D eigenvalue weighted by molar-refractivity contribution is 0.0973. The molecule has 3 unspecified atom stereocenters. The molecule has 0 radical (unpaired) electrons. The Morgan fingerprint density at radius 1 is 1.11 bits per heavy atom. The highest BCUT2D eigenvalue weighted by atomic mass is 15.1. The maximum absolute atomic E-state index is 5.99. The van der Waals surface area contributed by atoms with Gasteiger partial charge in [0.15, 0.2) is 0 Å². The molecule has 1 rings (SSSR count). The van der Waals surface area contributed by atoms with Crippen molar-refractivity contribution in [2.24, 2.45) is 17.6 Å². The van der Waals surface area contributed by atoms with E-state index in [1.165, 1.54) is 51.6 Å². The van der Waals surface area contributed by atoms with Gasteiger partial charge in [0.2, 0.25) is 0 Å². The number of nitrogens with zero attached hydrogens (tertiary/aromatic N) is 2. The molecule has 0 saturated heterocycles. The van der Waals surface area contributed by atoms with Crippen molar-refractivity contribution in [3.8, 4) is 0 Å². The molecule has 0 aromatic heterocycles. The van der Waals surface area contributed by atoms with Crippen molar-refractivity contribution in [3.05, 3.63) is 0 Å². The van der Waals surface area contributed by atoms with Crippen molar-refractivity contribution in [1.82, 2.24) is 9.80 Å². The molecule has 3 heteroatoms. The second kappa shape index (κ2) is 8.93. The second-order valence-corrected chi connectivity index (χ2v) is 6.67. The second-order valence-electron chi connectivity index (χ2n) is 6.67. The topological polar surface area (TPSA) is 32.5 Å². The van der Waals surface area contributed by atoms with Gasteiger partial charge in [0.25, 0.3) is 0 Å². The molecule has 19 heavy (non-hydrogen) atoms. The fraction of sp³-hybridized carbons (Fsp3) is 1.00. The quantitative estimate of drug-likeness (QED) is 0.734. The van der Waals surface area contributed by atoms with Crippen molar-refractivity contribution in [2.45, 2.75) is 51.5 Å². The molecule has 2 N–H and O–H groups in total. The predicted octanol–water partition coefficient (Wildman–Crippen LogP) is 2.41. The minimum Gasteiger partial charge on any atom is -0.330 e. The normalized spacial score (nSPS) is 28.3. The van der Waals surface area contributed by atoms with Crippen LogP contribution in [0.4, 0.5) is 0 Å². The molecule has 3 atom stereocenters. The van der Waals surface area contributed by atoms with E-state index >= 15 is 0 Å². The summed E-state index contributed by atoms with van der Waals surface area (Å²) in [6.45, 7) is 5.56. The van der Waals surface area contributed by atoms with Crippen LogP contribution in [-0.4, -0.2) is 56.6 Å². The van der Waals surface area contributed by atoms with E-state index in [-0.39, 0.29) is 0 Å². The molecule has 1 aliphatic rings. The van der Waals surface area contributed by atoms with Crippen molar-refractivity contribution in [2.75, 3.05) is 40.8 Å². The molecule has 0 aromatic rings. The van der Waals surface area contributed by atoms with Gasteiger partial charge in [0.1, 0.15) is 0 Å². The molecular weight excluding hydrogens is 234 g/mol. The van der Waals surface area contributed by atoms with Gasteiger partial charge in [-0.15, -0.1) is 0 Å². The van der Waals surface area contributed by atoms with Crippen LogP contribution >= 0.6 is 0 Å². The monoisotopic (exact) mass is 269 g/mol. The minimum atomic E-state index is 0.720. The van der Waals surface area contributed by atoms with Crippen molar-refractivity contribution in [3.63, 3.8) is 0 Å². The third-order valence-corrected chi connectivity index (χ3v) is 4.75. The molecule has 3 nitrogen and oxygen atoms in total. The summed E-state index contributed by atoms with van der Waals surface area (Å²) in [5.41, 5.74) is 5.99. The summed E-state index contributed by atoms with van der Waals surface area (Å²) >= 11 is 0. The van der Waals surface area contributed by atoms with E-state index in [1.54, 1.807) is 0 Å². The smallest absolute Gasteiger partial charge is 0.0135 e. The van der Waals surface area contributed by atoms with Gasteiger partial charge < -0.3 is 15.5 Å². The van der Waals surface area contributed by atoms with E-state index in [1.807, 2.05) is 0 Å². The fourth-order valence-electron chi connectivity index (χ4n) is 3.58. The highest BCUT2D eigenvalue weighted by Gasteiger charge is 2.31. The van der Waals surface area contributed by atoms with E-state index in [9.17, 15) is 0 Å². The molecule has 0 spiro atoms. The molecule has 0 bridgehead atoms. The van der Waals surface area contributed by atoms with Crippen LogP contribution in [0.2, 0.25) is 0 Å². The van der Waals surface area contributed by atoms with Crippen LogP contribution in [0.5, 0.6) is 0 Å². The molecule has 0 amide bonds.